The molecule has 3 aromatic rings. The smallest absolute Gasteiger partial charge is 0.260 e. The molecule has 4 rings (SSSR count). The molecular weight excluding hydrogens is 567 g/mol. The van der Waals surface area contributed by atoms with E-state index in [-0.39, 0.29) is 21.6 Å². The van der Waals surface area contributed by atoms with Gasteiger partial charge in [-0.15, -0.1) is 0 Å². The van der Waals surface area contributed by atoms with E-state index in [9.17, 15) is 4.79 Å². The quantitative estimate of drug-likeness (QED) is 0.283. The fourth-order valence-corrected chi connectivity index (χ4v) is 5.49. The fraction of sp³-hybridized carbons (Fsp3) is 0.414. The van der Waals surface area contributed by atoms with Crippen LogP contribution < -0.4 is 20.3 Å². The first-order valence-corrected chi connectivity index (χ1v) is 13.9. The summed E-state index contributed by atoms with van der Waals surface area (Å²) in [6, 6.07) is 3.59. The van der Waals surface area contributed by atoms with Gasteiger partial charge in [0.05, 0.1) is 36.4 Å². The van der Waals surface area contributed by atoms with Crippen LogP contribution in [-0.4, -0.2) is 91.0 Å². The number of likely N-dealkylation sites (N-methyl/N-ethyl adjacent to an activating group) is 1. The van der Waals surface area contributed by atoms with Gasteiger partial charge in [0.1, 0.15) is 17.1 Å². The number of anilines is 1. The first-order valence-electron chi connectivity index (χ1n) is 13.2. The first kappa shape index (κ1) is 30.6. The van der Waals surface area contributed by atoms with Crippen molar-refractivity contribution in [2.24, 2.45) is 0 Å². The molecule has 1 N–H and O–H groups in total. The Bertz CT molecular complexity index is 1480. The third-order valence-corrected chi connectivity index (χ3v) is 8.02. The van der Waals surface area contributed by atoms with Crippen LogP contribution in [0.2, 0.25) is 10.0 Å². The predicted octanol–water partition coefficient (Wildman–Crippen LogP) is 4.55. The van der Waals surface area contributed by atoms with E-state index >= 15 is 0 Å². The summed E-state index contributed by atoms with van der Waals surface area (Å²) in [7, 11) is 6.66. The normalized spacial score (nSPS) is 14.2. The molecule has 0 spiro atoms. The number of allylic oxidation sites excluding steroid dienone is 1. The summed E-state index contributed by atoms with van der Waals surface area (Å²) in [4.78, 5) is 27.8. The number of nitrogens with zero attached hydrogens (tertiary/aromatic N) is 5. The molecule has 0 unspecified atom stereocenters. The van der Waals surface area contributed by atoms with Gasteiger partial charge in [0, 0.05) is 74.3 Å². The number of halogens is 2. The van der Waals surface area contributed by atoms with E-state index in [4.69, 9.17) is 42.4 Å². The largest absolute Gasteiger partial charge is 0.495 e. The number of pyridine rings is 1. The van der Waals surface area contributed by atoms with E-state index < -0.39 is 0 Å². The minimum atomic E-state index is -0.296. The maximum absolute atomic E-state index is 14.2. The number of methoxy groups -OCH3 is 3. The number of hydrogen-bond acceptors (Lipinski definition) is 9. The molecule has 1 saturated heterocycles. The van der Waals surface area contributed by atoms with E-state index in [0.29, 0.717) is 65.3 Å². The van der Waals surface area contributed by atoms with E-state index in [2.05, 4.69) is 33.3 Å². The zero-order valence-electron chi connectivity index (χ0n) is 24.0. The van der Waals surface area contributed by atoms with Crippen molar-refractivity contribution in [2.75, 3.05) is 59.9 Å². The van der Waals surface area contributed by atoms with Gasteiger partial charge in [0.15, 0.2) is 0 Å². The second-order valence-corrected chi connectivity index (χ2v) is 10.8. The maximum atomic E-state index is 14.2. The average Bonchev–Trinajstić information content (AvgIpc) is 2.92. The summed E-state index contributed by atoms with van der Waals surface area (Å²) in [6.07, 6.45) is 3.44. The zero-order chi connectivity index (χ0) is 29.8. The molecule has 1 aliphatic heterocycles. The second-order valence-electron chi connectivity index (χ2n) is 10.0. The number of hydrogen-bond donors (Lipinski definition) is 1. The second kappa shape index (κ2) is 13.1. The molecule has 0 saturated carbocycles. The molecule has 12 heteroatoms. The highest BCUT2D eigenvalue weighted by molar-refractivity contribution is 6.41. The number of likely N-dealkylation sites (tertiary alicyclic amines) is 1. The SMILES string of the molecule is C=CC(=C)N1CC(N(C)CCn2c(=O)c(-c3c(Cl)c(OC)cc(OC)c3Cl)cc3cnc(N[C@H](C)COC)nc32)C1. The molecule has 0 aliphatic carbocycles. The Kier molecular flexibility index (Phi) is 9.80. The van der Waals surface area contributed by atoms with E-state index in [1.165, 1.54) is 14.2 Å². The van der Waals surface area contributed by atoms with E-state index in [0.717, 1.165) is 18.8 Å². The highest BCUT2D eigenvalue weighted by Gasteiger charge is 2.30. The summed E-state index contributed by atoms with van der Waals surface area (Å²) >= 11 is 13.4. The fourth-order valence-electron chi connectivity index (χ4n) is 4.79. The highest BCUT2D eigenvalue weighted by Crippen LogP contribution is 2.45. The molecule has 0 bridgehead atoms. The Labute approximate surface area is 250 Å². The molecule has 0 amide bonds. The summed E-state index contributed by atoms with van der Waals surface area (Å²) in [5.41, 5.74) is 1.72. The van der Waals surface area contributed by atoms with Crippen molar-refractivity contribution in [3.05, 3.63) is 63.7 Å². The first-order chi connectivity index (χ1) is 19.6. The molecule has 0 radical (unpaired) electrons. The van der Waals surface area contributed by atoms with Crippen molar-refractivity contribution in [3.63, 3.8) is 0 Å². The van der Waals surface area contributed by atoms with Crippen LogP contribution in [0.25, 0.3) is 22.2 Å². The van der Waals surface area contributed by atoms with Gasteiger partial charge in [0.25, 0.3) is 5.56 Å². The van der Waals surface area contributed by atoms with Crippen molar-refractivity contribution in [2.45, 2.75) is 25.6 Å². The molecule has 220 valence electrons. The minimum Gasteiger partial charge on any atom is -0.495 e. The Morgan fingerprint density at radius 2 is 1.88 bits per heavy atom. The standard InChI is InChI=1S/C29H36Cl2N6O4/c1-8-18(3)36-14-20(15-36)35(4)9-10-37-27-19(13-32-29(34-27)33-17(2)16-39-5)11-21(28(37)38)24-25(30)22(40-6)12-23(41-7)26(24)31/h8,11-13,17,20H,1,3,9-10,14-16H2,2,4-7H3,(H,32,33,34)/t17-/m1/s1. The molecule has 3 heterocycles. The van der Waals surface area contributed by atoms with Crippen LogP contribution in [0.4, 0.5) is 5.95 Å². The lowest BCUT2D eigenvalue weighted by Gasteiger charge is -2.45. The summed E-state index contributed by atoms with van der Waals surface area (Å²) < 4.78 is 17.8. The van der Waals surface area contributed by atoms with Crippen LogP contribution in [0.3, 0.4) is 0 Å². The molecule has 1 fully saturated rings. The molecule has 2 aromatic heterocycles. The van der Waals surface area contributed by atoms with Crippen LogP contribution >= 0.6 is 23.2 Å². The lowest BCUT2D eigenvalue weighted by atomic mass is 10.0. The number of nitrogens with one attached hydrogen (secondary N) is 1. The van der Waals surface area contributed by atoms with Crippen molar-refractivity contribution >= 4 is 40.2 Å². The Morgan fingerprint density at radius 3 is 2.46 bits per heavy atom. The number of aromatic nitrogens is 3. The molecular formula is C29H36Cl2N6O4. The highest BCUT2D eigenvalue weighted by atomic mass is 35.5. The van der Waals surface area contributed by atoms with E-state index in [1.54, 1.807) is 36.1 Å². The number of fused-ring (bicyclic) bond motifs is 1. The average molecular weight is 604 g/mol. The molecule has 1 aromatic carbocycles. The van der Waals surface area contributed by atoms with Gasteiger partial charge >= 0.3 is 0 Å². The number of rotatable bonds is 13. The Balaban J connectivity index is 1.79. The van der Waals surface area contributed by atoms with Gasteiger partial charge < -0.3 is 24.4 Å². The van der Waals surface area contributed by atoms with Gasteiger partial charge in [0.2, 0.25) is 5.95 Å². The zero-order valence-corrected chi connectivity index (χ0v) is 25.6. The third kappa shape index (κ3) is 6.30. The molecule has 1 aliphatic rings. The van der Waals surface area contributed by atoms with Gasteiger partial charge in [-0.1, -0.05) is 36.4 Å². The summed E-state index contributed by atoms with van der Waals surface area (Å²) in [5, 5.41) is 4.30. The number of benzene rings is 1. The molecule has 41 heavy (non-hydrogen) atoms. The summed E-state index contributed by atoms with van der Waals surface area (Å²) in [6.45, 7) is 12.9. The lowest BCUT2D eigenvalue weighted by Crippen LogP contribution is -2.57. The van der Waals surface area contributed by atoms with Crippen LogP contribution in [0.1, 0.15) is 6.92 Å². The van der Waals surface area contributed by atoms with Crippen molar-refractivity contribution < 1.29 is 14.2 Å². The monoisotopic (exact) mass is 602 g/mol. The van der Waals surface area contributed by atoms with Gasteiger partial charge in [-0.05, 0) is 26.1 Å². The molecule has 10 nitrogen and oxygen atoms in total. The van der Waals surface area contributed by atoms with Crippen LogP contribution in [0.15, 0.2) is 48.1 Å². The summed E-state index contributed by atoms with van der Waals surface area (Å²) in [5.74, 6) is 1.08. The third-order valence-electron chi connectivity index (χ3n) is 7.27. The van der Waals surface area contributed by atoms with Crippen LogP contribution in [-0.2, 0) is 11.3 Å². The van der Waals surface area contributed by atoms with Crippen molar-refractivity contribution in [3.8, 4) is 22.6 Å². The van der Waals surface area contributed by atoms with Crippen LogP contribution in [0.5, 0.6) is 11.5 Å². The lowest BCUT2D eigenvalue weighted by molar-refractivity contribution is 0.0775. The molecule has 1 atom stereocenters. The Morgan fingerprint density at radius 1 is 1.22 bits per heavy atom. The topological polar surface area (TPSA) is 94.0 Å². The van der Waals surface area contributed by atoms with Crippen molar-refractivity contribution in [1.29, 1.82) is 0 Å². The van der Waals surface area contributed by atoms with E-state index in [1.807, 2.05) is 14.0 Å². The van der Waals surface area contributed by atoms with Gasteiger partial charge in [-0.2, -0.15) is 4.98 Å². The minimum absolute atomic E-state index is 0.0308. The predicted molar refractivity (Wildman–Crippen MR) is 165 cm³/mol. The van der Waals surface area contributed by atoms with Crippen molar-refractivity contribution in [1.82, 2.24) is 24.3 Å². The Hall–Kier alpha value is -3.31. The number of ether oxygens (including phenoxy) is 3. The van der Waals surface area contributed by atoms with Crippen LogP contribution in [0, 0.1) is 0 Å². The van der Waals surface area contributed by atoms with Gasteiger partial charge in [-0.3, -0.25) is 14.3 Å². The van der Waals surface area contributed by atoms with Gasteiger partial charge in [-0.25, -0.2) is 4.98 Å². The maximum Gasteiger partial charge on any atom is 0.260 e.